The van der Waals surface area contributed by atoms with E-state index < -0.39 is 0 Å². The fourth-order valence-corrected chi connectivity index (χ4v) is 2.24. The lowest BCUT2D eigenvalue weighted by molar-refractivity contribution is 0.528. The zero-order chi connectivity index (χ0) is 13.1. The Kier molecular flexibility index (Phi) is 3.81. The van der Waals surface area contributed by atoms with Crippen LogP contribution in [0.5, 0.6) is 0 Å². The van der Waals surface area contributed by atoms with Gasteiger partial charge in [0.1, 0.15) is 0 Å². The van der Waals surface area contributed by atoms with Gasteiger partial charge in [-0.05, 0) is 19.5 Å². The largest absolute Gasteiger partial charge is 0.310 e. The van der Waals surface area contributed by atoms with Crippen LogP contribution in [-0.2, 0) is 20.5 Å². The maximum Gasteiger partial charge on any atom is 0.0596 e. The minimum Gasteiger partial charge on any atom is -0.310 e. The first-order valence-electron chi connectivity index (χ1n) is 6.31. The van der Waals surface area contributed by atoms with E-state index in [-0.39, 0.29) is 0 Å². The lowest BCUT2D eigenvalue weighted by Gasteiger charge is -2.16. The SMILES string of the molecule is CCNC(Cc1cc(C)nn1C)c1cnn(C)c1. The van der Waals surface area contributed by atoms with Crippen LogP contribution in [0.1, 0.15) is 29.9 Å². The van der Waals surface area contributed by atoms with Crippen molar-refractivity contribution < 1.29 is 0 Å². The molecule has 0 radical (unpaired) electrons. The highest BCUT2D eigenvalue weighted by Gasteiger charge is 2.15. The van der Waals surface area contributed by atoms with Crippen molar-refractivity contribution in [1.29, 1.82) is 0 Å². The molecule has 2 aromatic rings. The fourth-order valence-electron chi connectivity index (χ4n) is 2.24. The molecule has 0 aromatic carbocycles. The molecule has 1 N–H and O–H groups in total. The standard InChI is InChI=1S/C13H21N5/c1-5-14-13(11-8-15-17(3)9-11)7-12-6-10(2)16-18(12)4/h6,8-9,13-14H,5,7H2,1-4H3. The van der Waals surface area contributed by atoms with Crippen molar-refractivity contribution >= 4 is 0 Å². The fraction of sp³-hybridized carbons (Fsp3) is 0.538. The van der Waals surface area contributed by atoms with Crippen molar-refractivity contribution in [1.82, 2.24) is 24.9 Å². The molecule has 1 atom stereocenters. The summed E-state index contributed by atoms with van der Waals surface area (Å²) in [5, 5.41) is 12.1. The molecule has 98 valence electrons. The van der Waals surface area contributed by atoms with E-state index in [1.54, 1.807) is 0 Å². The summed E-state index contributed by atoms with van der Waals surface area (Å²) in [5.41, 5.74) is 3.52. The van der Waals surface area contributed by atoms with Crippen LogP contribution < -0.4 is 5.32 Å². The van der Waals surface area contributed by atoms with E-state index in [4.69, 9.17) is 0 Å². The van der Waals surface area contributed by atoms with Crippen LogP contribution >= 0.6 is 0 Å². The number of aryl methyl sites for hydroxylation is 3. The summed E-state index contributed by atoms with van der Waals surface area (Å²) < 4.78 is 3.80. The van der Waals surface area contributed by atoms with Gasteiger partial charge in [0.25, 0.3) is 0 Å². The summed E-state index contributed by atoms with van der Waals surface area (Å²) in [6, 6.07) is 2.43. The number of hydrogen-bond acceptors (Lipinski definition) is 3. The predicted molar refractivity (Wildman–Crippen MR) is 71.3 cm³/mol. The maximum absolute atomic E-state index is 4.39. The Morgan fingerprint density at radius 1 is 1.39 bits per heavy atom. The van der Waals surface area contributed by atoms with E-state index >= 15 is 0 Å². The van der Waals surface area contributed by atoms with Gasteiger partial charge in [0.2, 0.25) is 0 Å². The first-order chi connectivity index (χ1) is 8.60. The van der Waals surface area contributed by atoms with Gasteiger partial charge in [-0.1, -0.05) is 6.92 Å². The molecule has 1 unspecified atom stereocenters. The molecule has 0 fully saturated rings. The summed E-state index contributed by atoms with van der Waals surface area (Å²) in [5.74, 6) is 0. The minimum atomic E-state index is 0.290. The topological polar surface area (TPSA) is 47.7 Å². The summed E-state index contributed by atoms with van der Waals surface area (Å²) in [7, 11) is 3.94. The van der Waals surface area contributed by atoms with E-state index in [0.29, 0.717) is 6.04 Å². The third kappa shape index (κ3) is 2.79. The van der Waals surface area contributed by atoms with E-state index in [9.17, 15) is 0 Å². The molecule has 0 amide bonds. The van der Waals surface area contributed by atoms with E-state index in [2.05, 4.69) is 34.7 Å². The molecule has 0 aliphatic heterocycles. The van der Waals surface area contributed by atoms with Gasteiger partial charge in [-0.2, -0.15) is 10.2 Å². The van der Waals surface area contributed by atoms with Crippen LogP contribution in [0, 0.1) is 6.92 Å². The van der Waals surface area contributed by atoms with Crippen molar-refractivity contribution in [2.75, 3.05) is 6.54 Å². The van der Waals surface area contributed by atoms with Crippen LogP contribution in [0.2, 0.25) is 0 Å². The first-order valence-corrected chi connectivity index (χ1v) is 6.31. The van der Waals surface area contributed by atoms with E-state index in [0.717, 1.165) is 18.7 Å². The number of nitrogens with zero attached hydrogens (tertiary/aromatic N) is 4. The van der Waals surface area contributed by atoms with Gasteiger partial charge in [0, 0.05) is 44.0 Å². The molecule has 2 rings (SSSR count). The molecule has 2 aromatic heterocycles. The van der Waals surface area contributed by atoms with Gasteiger partial charge in [-0.3, -0.25) is 9.36 Å². The van der Waals surface area contributed by atoms with E-state index in [1.807, 2.05) is 36.6 Å². The van der Waals surface area contributed by atoms with E-state index in [1.165, 1.54) is 11.3 Å². The highest BCUT2D eigenvalue weighted by Crippen LogP contribution is 2.18. The Hall–Kier alpha value is -1.62. The van der Waals surface area contributed by atoms with Crippen molar-refractivity contribution in [2.24, 2.45) is 14.1 Å². The Bertz CT molecular complexity index is 511. The van der Waals surface area contributed by atoms with Crippen molar-refractivity contribution in [3.8, 4) is 0 Å². The van der Waals surface area contributed by atoms with Crippen LogP contribution in [0.3, 0.4) is 0 Å². The van der Waals surface area contributed by atoms with Crippen LogP contribution in [0.4, 0.5) is 0 Å². The molecule has 2 heterocycles. The second kappa shape index (κ2) is 5.35. The number of hydrogen-bond donors (Lipinski definition) is 1. The normalized spacial score (nSPS) is 12.9. The van der Waals surface area contributed by atoms with Gasteiger partial charge in [-0.25, -0.2) is 0 Å². The maximum atomic E-state index is 4.39. The Labute approximate surface area is 108 Å². The van der Waals surface area contributed by atoms with Crippen molar-refractivity contribution in [2.45, 2.75) is 26.3 Å². The summed E-state index contributed by atoms with van der Waals surface area (Å²) in [6.07, 6.45) is 4.92. The molecule has 0 bridgehead atoms. The van der Waals surface area contributed by atoms with Gasteiger partial charge in [0.15, 0.2) is 0 Å². The summed E-state index contributed by atoms with van der Waals surface area (Å²) >= 11 is 0. The molecule has 0 saturated heterocycles. The molecule has 5 nitrogen and oxygen atoms in total. The zero-order valence-electron chi connectivity index (χ0n) is 11.5. The minimum absolute atomic E-state index is 0.290. The van der Waals surface area contributed by atoms with Gasteiger partial charge >= 0.3 is 0 Å². The molecular formula is C13H21N5. The van der Waals surface area contributed by atoms with Gasteiger partial charge in [-0.15, -0.1) is 0 Å². The highest BCUT2D eigenvalue weighted by atomic mass is 15.3. The average Bonchev–Trinajstić information content (AvgIpc) is 2.85. The number of likely N-dealkylation sites (N-methyl/N-ethyl adjacent to an activating group) is 1. The summed E-state index contributed by atoms with van der Waals surface area (Å²) in [6.45, 7) is 5.09. The molecule has 0 aliphatic rings. The van der Waals surface area contributed by atoms with Crippen LogP contribution in [0.25, 0.3) is 0 Å². The van der Waals surface area contributed by atoms with Crippen molar-refractivity contribution in [3.63, 3.8) is 0 Å². The van der Waals surface area contributed by atoms with Crippen LogP contribution in [0.15, 0.2) is 18.5 Å². The molecule has 18 heavy (non-hydrogen) atoms. The van der Waals surface area contributed by atoms with Gasteiger partial charge in [0.05, 0.1) is 11.9 Å². The molecule has 0 spiro atoms. The van der Waals surface area contributed by atoms with Gasteiger partial charge < -0.3 is 5.32 Å². The monoisotopic (exact) mass is 247 g/mol. The Morgan fingerprint density at radius 2 is 2.17 bits per heavy atom. The average molecular weight is 247 g/mol. The van der Waals surface area contributed by atoms with Crippen LogP contribution in [-0.4, -0.2) is 26.1 Å². The zero-order valence-corrected chi connectivity index (χ0v) is 11.5. The number of nitrogens with one attached hydrogen (secondary N) is 1. The number of rotatable bonds is 5. The third-order valence-corrected chi connectivity index (χ3v) is 3.09. The smallest absolute Gasteiger partial charge is 0.0596 e. The predicted octanol–water partition coefficient (Wildman–Crippen LogP) is 1.36. The second-order valence-electron chi connectivity index (χ2n) is 4.66. The first kappa shape index (κ1) is 12.8. The number of aromatic nitrogens is 4. The third-order valence-electron chi connectivity index (χ3n) is 3.09. The molecule has 0 aliphatic carbocycles. The van der Waals surface area contributed by atoms with Crippen molar-refractivity contribution in [3.05, 3.63) is 35.4 Å². The molecular weight excluding hydrogens is 226 g/mol. The lowest BCUT2D eigenvalue weighted by atomic mass is 10.1. The second-order valence-corrected chi connectivity index (χ2v) is 4.66. The highest BCUT2D eigenvalue weighted by molar-refractivity contribution is 5.17. The quantitative estimate of drug-likeness (QED) is 0.867. The summed E-state index contributed by atoms with van der Waals surface area (Å²) in [4.78, 5) is 0. The molecule has 0 saturated carbocycles. The lowest BCUT2D eigenvalue weighted by Crippen LogP contribution is -2.23. The molecule has 5 heteroatoms. The Balaban J connectivity index is 2.18. The Morgan fingerprint density at radius 3 is 2.67 bits per heavy atom.